The third-order valence-corrected chi connectivity index (χ3v) is 6.70. The molecule has 1 aromatic carbocycles. The van der Waals surface area contributed by atoms with Crippen LogP contribution in [0.4, 0.5) is 17.3 Å². The SMILES string of the molecule is Cc1cccc(C(C)C)c1Nc1cc(N(C)C2CCS(=O)(=O)C2)ncn1. The number of benzene rings is 1. The maximum absolute atomic E-state index is 11.8. The van der Waals surface area contributed by atoms with E-state index >= 15 is 0 Å². The van der Waals surface area contributed by atoms with Crippen LogP contribution in [0, 0.1) is 6.92 Å². The normalized spacial score (nSPS) is 18.9. The number of aryl methyl sites for hydroxylation is 1. The van der Waals surface area contributed by atoms with Gasteiger partial charge in [0.1, 0.15) is 18.0 Å². The van der Waals surface area contributed by atoms with E-state index in [0.29, 0.717) is 18.2 Å². The van der Waals surface area contributed by atoms with E-state index in [-0.39, 0.29) is 17.5 Å². The second kappa shape index (κ2) is 7.23. The molecule has 0 spiro atoms. The maximum Gasteiger partial charge on any atom is 0.152 e. The molecule has 3 rings (SSSR count). The number of rotatable bonds is 5. The van der Waals surface area contributed by atoms with Crippen molar-refractivity contribution >= 4 is 27.2 Å². The van der Waals surface area contributed by atoms with E-state index in [1.165, 1.54) is 11.9 Å². The molecule has 26 heavy (non-hydrogen) atoms. The fraction of sp³-hybridized carbons (Fsp3) is 0.474. The number of hydrogen-bond donors (Lipinski definition) is 1. The zero-order valence-electron chi connectivity index (χ0n) is 15.7. The predicted molar refractivity (Wildman–Crippen MR) is 106 cm³/mol. The summed E-state index contributed by atoms with van der Waals surface area (Å²) in [5.74, 6) is 2.26. The van der Waals surface area contributed by atoms with Crippen LogP contribution in [0.2, 0.25) is 0 Å². The number of aromatic nitrogens is 2. The molecule has 6 nitrogen and oxygen atoms in total. The van der Waals surface area contributed by atoms with Gasteiger partial charge in [-0.15, -0.1) is 0 Å². The average Bonchev–Trinajstić information content (AvgIpc) is 2.96. The van der Waals surface area contributed by atoms with Gasteiger partial charge in [-0.05, 0) is 30.4 Å². The Kier molecular flexibility index (Phi) is 5.18. The van der Waals surface area contributed by atoms with Crippen LogP contribution in [-0.2, 0) is 9.84 Å². The summed E-state index contributed by atoms with van der Waals surface area (Å²) in [6.45, 7) is 6.41. The summed E-state index contributed by atoms with van der Waals surface area (Å²) in [4.78, 5) is 10.6. The Labute approximate surface area is 155 Å². The monoisotopic (exact) mass is 374 g/mol. The van der Waals surface area contributed by atoms with E-state index in [2.05, 4.69) is 54.3 Å². The highest BCUT2D eigenvalue weighted by molar-refractivity contribution is 7.91. The first-order valence-electron chi connectivity index (χ1n) is 8.88. The minimum Gasteiger partial charge on any atom is -0.355 e. The van der Waals surface area contributed by atoms with Gasteiger partial charge in [-0.2, -0.15) is 0 Å². The molecule has 7 heteroatoms. The van der Waals surface area contributed by atoms with Gasteiger partial charge in [-0.3, -0.25) is 0 Å². The lowest BCUT2D eigenvalue weighted by atomic mass is 9.98. The summed E-state index contributed by atoms with van der Waals surface area (Å²) < 4.78 is 23.5. The van der Waals surface area contributed by atoms with Gasteiger partial charge in [0.25, 0.3) is 0 Å². The molecular weight excluding hydrogens is 348 g/mol. The van der Waals surface area contributed by atoms with Crippen molar-refractivity contribution in [2.75, 3.05) is 28.8 Å². The zero-order valence-corrected chi connectivity index (χ0v) is 16.5. The molecule has 1 fully saturated rings. The lowest BCUT2D eigenvalue weighted by Crippen LogP contribution is -2.33. The second-order valence-corrected chi connectivity index (χ2v) is 9.48. The van der Waals surface area contributed by atoms with Crippen molar-refractivity contribution in [3.63, 3.8) is 0 Å². The molecule has 1 aromatic heterocycles. The van der Waals surface area contributed by atoms with Crippen LogP contribution in [0.15, 0.2) is 30.6 Å². The van der Waals surface area contributed by atoms with E-state index in [9.17, 15) is 8.42 Å². The molecule has 0 bridgehead atoms. The maximum atomic E-state index is 11.8. The van der Waals surface area contributed by atoms with Crippen molar-refractivity contribution in [2.45, 2.75) is 39.2 Å². The molecular formula is C19H26N4O2S. The summed E-state index contributed by atoms with van der Waals surface area (Å²) in [5, 5.41) is 3.43. The fourth-order valence-corrected chi connectivity index (χ4v) is 5.12. The first-order chi connectivity index (χ1) is 12.3. The third kappa shape index (κ3) is 3.98. The third-order valence-electron chi connectivity index (χ3n) is 4.95. The van der Waals surface area contributed by atoms with Crippen LogP contribution in [0.3, 0.4) is 0 Å². The van der Waals surface area contributed by atoms with Gasteiger partial charge < -0.3 is 10.2 Å². The fourth-order valence-electron chi connectivity index (χ4n) is 3.35. The van der Waals surface area contributed by atoms with Crippen molar-refractivity contribution in [1.29, 1.82) is 0 Å². The molecule has 0 saturated carbocycles. The van der Waals surface area contributed by atoms with Crippen molar-refractivity contribution in [3.8, 4) is 0 Å². The Balaban J connectivity index is 1.85. The summed E-state index contributed by atoms with van der Waals surface area (Å²) in [5.41, 5.74) is 3.46. The molecule has 1 aliphatic heterocycles. The largest absolute Gasteiger partial charge is 0.355 e. The van der Waals surface area contributed by atoms with Gasteiger partial charge in [0, 0.05) is 24.8 Å². The minimum atomic E-state index is -2.93. The molecule has 2 heterocycles. The highest BCUT2D eigenvalue weighted by Crippen LogP contribution is 2.30. The summed E-state index contributed by atoms with van der Waals surface area (Å²) in [6, 6.07) is 8.10. The second-order valence-electron chi connectivity index (χ2n) is 7.25. The predicted octanol–water partition coefficient (Wildman–Crippen LogP) is 3.28. The Morgan fingerprint density at radius 3 is 2.69 bits per heavy atom. The van der Waals surface area contributed by atoms with Crippen molar-refractivity contribution < 1.29 is 8.42 Å². The van der Waals surface area contributed by atoms with Crippen LogP contribution in [0.5, 0.6) is 0 Å². The Morgan fingerprint density at radius 1 is 1.27 bits per heavy atom. The van der Waals surface area contributed by atoms with Crippen LogP contribution >= 0.6 is 0 Å². The average molecular weight is 375 g/mol. The highest BCUT2D eigenvalue weighted by Gasteiger charge is 2.31. The zero-order chi connectivity index (χ0) is 18.9. The van der Waals surface area contributed by atoms with Gasteiger partial charge >= 0.3 is 0 Å². The summed E-state index contributed by atoms with van der Waals surface area (Å²) in [6.07, 6.45) is 2.16. The molecule has 1 unspecified atom stereocenters. The van der Waals surface area contributed by atoms with Gasteiger partial charge in [-0.25, -0.2) is 18.4 Å². The molecule has 1 N–H and O–H groups in total. The van der Waals surface area contributed by atoms with Gasteiger partial charge in [0.15, 0.2) is 9.84 Å². The summed E-state index contributed by atoms with van der Waals surface area (Å²) in [7, 11) is -1.03. The summed E-state index contributed by atoms with van der Waals surface area (Å²) >= 11 is 0. The first kappa shape index (κ1) is 18.6. The van der Waals surface area contributed by atoms with Gasteiger partial charge in [0.2, 0.25) is 0 Å². The van der Waals surface area contributed by atoms with Crippen molar-refractivity contribution in [1.82, 2.24) is 9.97 Å². The molecule has 0 aliphatic carbocycles. The van der Waals surface area contributed by atoms with Crippen LogP contribution in [0.1, 0.15) is 37.3 Å². The van der Waals surface area contributed by atoms with Crippen molar-refractivity contribution in [3.05, 3.63) is 41.7 Å². The highest BCUT2D eigenvalue weighted by atomic mass is 32.2. The van der Waals surface area contributed by atoms with Gasteiger partial charge in [-0.1, -0.05) is 32.0 Å². The first-order valence-corrected chi connectivity index (χ1v) is 10.7. The van der Waals surface area contributed by atoms with Crippen LogP contribution in [-0.4, -0.2) is 43.0 Å². The smallest absolute Gasteiger partial charge is 0.152 e. The van der Waals surface area contributed by atoms with E-state index < -0.39 is 9.84 Å². The molecule has 1 saturated heterocycles. The molecule has 1 aliphatic rings. The Hall–Kier alpha value is -2.15. The molecule has 140 valence electrons. The number of nitrogens with one attached hydrogen (secondary N) is 1. The van der Waals surface area contributed by atoms with E-state index in [1.807, 2.05) is 18.0 Å². The van der Waals surface area contributed by atoms with E-state index in [0.717, 1.165) is 17.1 Å². The molecule has 2 aromatic rings. The Bertz CT molecular complexity index is 896. The van der Waals surface area contributed by atoms with Crippen LogP contribution < -0.4 is 10.2 Å². The van der Waals surface area contributed by atoms with Gasteiger partial charge in [0.05, 0.1) is 11.5 Å². The number of anilines is 3. The number of sulfone groups is 1. The van der Waals surface area contributed by atoms with Crippen LogP contribution in [0.25, 0.3) is 0 Å². The van der Waals surface area contributed by atoms with E-state index in [1.54, 1.807) is 0 Å². The molecule has 0 radical (unpaired) electrons. The van der Waals surface area contributed by atoms with E-state index in [4.69, 9.17) is 0 Å². The number of nitrogens with zero attached hydrogens (tertiary/aromatic N) is 3. The lowest BCUT2D eigenvalue weighted by molar-refractivity contribution is 0.600. The van der Waals surface area contributed by atoms with Crippen molar-refractivity contribution in [2.24, 2.45) is 0 Å². The molecule has 0 amide bonds. The minimum absolute atomic E-state index is 0.0348. The topological polar surface area (TPSA) is 75.2 Å². The number of para-hydroxylation sites is 1. The number of hydrogen-bond acceptors (Lipinski definition) is 6. The lowest BCUT2D eigenvalue weighted by Gasteiger charge is -2.25. The Morgan fingerprint density at radius 2 is 2.04 bits per heavy atom. The standard InChI is InChI=1S/C19H26N4O2S/c1-13(2)16-7-5-6-14(3)19(16)22-17-10-18(21-12-20-17)23(4)15-8-9-26(24,25)11-15/h5-7,10,12-13,15H,8-9,11H2,1-4H3,(H,20,21,22). The quantitative estimate of drug-likeness (QED) is 0.866. The molecule has 1 atom stereocenters.